The van der Waals surface area contributed by atoms with Gasteiger partial charge in [0.1, 0.15) is 12.4 Å². The number of hydrogen-bond donors (Lipinski definition) is 2. The number of hydrogen-bond acceptors (Lipinski definition) is 3. The number of anilines is 1. The van der Waals surface area contributed by atoms with Crippen molar-refractivity contribution in [3.05, 3.63) is 60.2 Å². The lowest BCUT2D eigenvalue weighted by Gasteiger charge is -2.12. The van der Waals surface area contributed by atoms with Crippen molar-refractivity contribution < 1.29 is 14.6 Å². The number of para-hydroxylation sites is 2. The van der Waals surface area contributed by atoms with Crippen molar-refractivity contribution in [2.75, 3.05) is 11.9 Å². The Labute approximate surface area is 118 Å². The summed E-state index contributed by atoms with van der Waals surface area (Å²) in [5, 5.41) is 11.7. The van der Waals surface area contributed by atoms with Crippen LogP contribution in [0.1, 0.15) is 12.0 Å². The summed E-state index contributed by atoms with van der Waals surface area (Å²) < 4.78 is 5.77. The molecular weight excluding hydrogens is 254 g/mol. The molecule has 2 aromatic rings. The van der Waals surface area contributed by atoms with Gasteiger partial charge < -0.3 is 15.2 Å². The van der Waals surface area contributed by atoms with Crippen molar-refractivity contribution >= 4 is 11.7 Å². The number of carboxylic acids is 1. The Morgan fingerprint density at radius 2 is 1.75 bits per heavy atom. The Balaban J connectivity index is 1.95. The molecule has 0 unspecified atom stereocenters. The molecule has 0 amide bonds. The highest BCUT2D eigenvalue weighted by Gasteiger charge is 2.04. The average Bonchev–Trinajstić information content (AvgIpc) is 2.47. The summed E-state index contributed by atoms with van der Waals surface area (Å²) >= 11 is 0. The van der Waals surface area contributed by atoms with Gasteiger partial charge in [0.2, 0.25) is 0 Å². The summed E-state index contributed by atoms with van der Waals surface area (Å²) in [4.78, 5) is 10.5. The molecule has 4 nitrogen and oxygen atoms in total. The van der Waals surface area contributed by atoms with Gasteiger partial charge in [-0.2, -0.15) is 0 Å². The van der Waals surface area contributed by atoms with Crippen molar-refractivity contribution in [1.82, 2.24) is 0 Å². The second-order valence-corrected chi connectivity index (χ2v) is 4.34. The number of nitrogens with one attached hydrogen (secondary N) is 1. The summed E-state index contributed by atoms with van der Waals surface area (Å²) in [5.74, 6) is -0.0954. The van der Waals surface area contributed by atoms with Gasteiger partial charge >= 0.3 is 5.97 Å². The van der Waals surface area contributed by atoms with E-state index in [2.05, 4.69) is 5.32 Å². The minimum atomic E-state index is -0.819. The molecule has 20 heavy (non-hydrogen) atoms. The minimum absolute atomic E-state index is 0.0764. The minimum Gasteiger partial charge on any atom is -0.487 e. The molecule has 2 N–H and O–H groups in total. The molecule has 0 spiro atoms. The second-order valence-electron chi connectivity index (χ2n) is 4.34. The van der Waals surface area contributed by atoms with Gasteiger partial charge in [0.15, 0.2) is 0 Å². The standard InChI is InChI=1S/C16H17NO3/c18-16(19)10-11-17-14-8-4-5-9-15(14)20-12-13-6-2-1-3-7-13/h1-9,17H,10-12H2,(H,18,19). The van der Waals surface area contributed by atoms with Crippen LogP contribution in [0.3, 0.4) is 0 Å². The fourth-order valence-corrected chi connectivity index (χ4v) is 1.78. The van der Waals surface area contributed by atoms with Crippen LogP contribution in [0.2, 0.25) is 0 Å². The molecule has 0 aliphatic carbocycles. The van der Waals surface area contributed by atoms with Crippen LogP contribution in [0.15, 0.2) is 54.6 Å². The highest BCUT2D eigenvalue weighted by molar-refractivity contribution is 5.68. The van der Waals surface area contributed by atoms with E-state index < -0.39 is 5.97 Å². The van der Waals surface area contributed by atoms with Gasteiger partial charge in [-0.15, -0.1) is 0 Å². The molecule has 2 rings (SSSR count). The average molecular weight is 271 g/mol. The van der Waals surface area contributed by atoms with Gasteiger partial charge in [-0.1, -0.05) is 42.5 Å². The molecule has 0 fully saturated rings. The van der Waals surface area contributed by atoms with Crippen molar-refractivity contribution in [2.24, 2.45) is 0 Å². The van der Waals surface area contributed by atoms with Crippen molar-refractivity contribution in [3.8, 4) is 5.75 Å². The number of carboxylic acid groups (broad SMARTS) is 1. The summed E-state index contributed by atoms with van der Waals surface area (Å²) in [6.07, 6.45) is 0.0764. The van der Waals surface area contributed by atoms with E-state index in [1.165, 1.54) is 0 Å². The van der Waals surface area contributed by atoms with E-state index >= 15 is 0 Å². The van der Waals surface area contributed by atoms with Crippen LogP contribution >= 0.6 is 0 Å². The molecule has 0 aliphatic heterocycles. The zero-order valence-corrected chi connectivity index (χ0v) is 11.1. The fourth-order valence-electron chi connectivity index (χ4n) is 1.78. The molecule has 4 heteroatoms. The number of aliphatic carboxylic acids is 1. The van der Waals surface area contributed by atoms with Gasteiger partial charge in [0.25, 0.3) is 0 Å². The van der Waals surface area contributed by atoms with Crippen LogP contribution in [-0.4, -0.2) is 17.6 Å². The lowest BCUT2D eigenvalue weighted by atomic mass is 10.2. The Hall–Kier alpha value is -2.49. The number of carbonyl (C=O) groups is 1. The summed E-state index contributed by atoms with van der Waals surface area (Å²) in [6.45, 7) is 0.861. The Bertz CT molecular complexity index is 555. The first kappa shape index (κ1) is 13.9. The van der Waals surface area contributed by atoms with E-state index in [0.717, 1.165) is 17.0 Å². The van der Waals surface area contributed by atoms with E-state index in [1.807, 2.05) is 54.6 Å². The van der Waals surface area contributed by atoms with E-state index in [4.69, 9.17) is 9.84 Å². The third-order valence-corrected chi connectivity index (χ3v) is 2.78. The smallest absolute Gasteiger partial charge is 0.305 e. The van der Waals surface area contributed by atoms with Crippen LogP contribution in [0.4, 0.5) is 5.69 Å². The summed E-state index contributed by atoms with van der Waals surface area (Å²) in [7, 11) is 0. The molecule has 0 aromatic heterocycles. The van der Waals surface area contributed by atoms with Gasteiger partial charge in [-0.3, -0.25) is 4.79 Å². The zero-order chi connectivity index (χ0) is 14.2. The Morgan fingerprint density at radius 3 is 2.50 bits per heavy atom. The quantitative estimate of drug-likeness (QED) is 0.812. The van der Waals surface area contributed by atoms with E-state index in [0.29, 0.717) is 13.2 Å². The molecule has 0 aliphatic rings. The third kappa shape index (κ3) is 4.31. The van der Waals surface area contributed by atoms with Crippen LogP contribution in [0, 0.1) is 0 Å². The molecule has 0 saturated carbocycles. The van der Waals surface area contributed by atoms with Crippen molar-refractivity contribution in [3.63, 3.8) is 0 Å². The molecule has 2 aromatic carbocycles. The van der Waals surface area contributed by atoms with Gasteiger partial charge in [-0.05, 0) is 17.7 Å². The SMILES string of the molecule is O=C(O)CCNc1ccccc1OCc1ccccc1. The highest BCUT2D eigenvalue weighted by atomic mass is 16.5. The third-order valence-electron chi connectivity index (χ3n) is 2.78. The largest absolute Gasteiger partial charge is 0.487 e. The molecule has 0 radical (unpaired) electrons. The molecular formula is C16H17NO3. The first-order chi connectivity index (χ1) is 9.75. The maximum absolute atomic E-state index is 10.5. The zero-order valence-electron chi connectivity index (χ0n) is 11.1. The molecule has 104 valence electrons. The lowest BCUT2D eigenvalue weighted by Crippen LogP contribution is -2.08. The molecule has 0 atom stereocenters. The molecule has 0 saturated heterocycles. The van der Waals surface area contributed by atoms with Crippen LogP contribution in [0.25, 0.3) is 0 Å². The first-order valence-electron chi connectivity index (χ1n) is 6.47. The fraction of sp³-hybridized carbons (Fsp3) is 0.188. The maximum atomic E-state index is 10.5. The van der Waals surface area contributed by atoms with Crippen molar-refractivity contribution in [1.29, 1.82) is 0 Å². The van der Waals surface area contributed by atoms with Gasteiger partial charge in [0.05, 0.1) is 12.1 Å². The predicted octanol–water partition coefficient (Wildman–Crippen LogP) is 3.15. The predicted molar refractivity (Wildman–Crippen MR) is 78.0 cm³/mol. The Morgan fingerprint density at radius 1 is 1.05 bits per heavy atom. The van der Waals surface area contributed by atoms with Crippen LogP contribution in [0.5, 0.6) is 5.75 Å². The molecule has 0 heterocycles. The first-order valence-corrected chi connectivity index (χ1v) is 6.47. The lowest BCUT2D eigenvalue weighted by molar-refractivity contribution is -0.136. The summed E-state index contributed by atoms with van der Waals surface area (Å²) in [5.41, 5.74) is 1.90. The van der Waals surface area contributed by atoms with E-state index in [1.54, 1.807) is 0 Å². The van der Waals surface area contributed by atoms with Gasteiger partial charge in [0, 0.05) is 6.54 Å². The highest BCUT2D eigenvalue weighted by Crippen LogP contribution is 2.24. The number of benzene rings is 2. The van der Waals surface area contributed by atoms with Gasteiger partial charge in [-0.25, -0.2) is 0 Å². The number of ether oxygens (including phenoxy) is 1. The van der Waals surface area contributed by atoms with Crippen LogP contribution < -0.4 is 10.1 Å². The second kappa shape index (κ2) is 7.19. The monoisotopic (exact) mass is 271 g/mol. The number of rotatable bonds is 7. The maximum Gasteiger partial charge on any atom is 0.305 e. The Kier molecular flexibility index (Phi) is 5.00. The topological polar surface area (TPSA) is 58.6 Å². The molecule has 0 bridgehead atoms. The van der Waals surface area contributed by atoms with Crippen LogP contribution in [-0.2, 0) is 11.4 Å². The van der Waals surface area contributed by atoms with Crippen molar-refractivity contribution in [2.45, 2.75) is 13.0 Å². The summed E-state index contributed by atoms with van der Waals surface area (Å²) in [6, 6.07) is 17.4. The van der Waals surface area contributed by atoms with E-state index in [-0.39, 0.29) is 6.42 Å². The normalized spacial score (nSPS) is 10.0. The van der Waals surface area contributed by atoms with E-state index in [9.17, 15) is 4.79 Å².